The van der Waals surface area contributed by atoms with Crippen molar-refractivity contribution < 1.29 is 22.4 Å². The zero-order valence-corrected chi connectivity index (χ0v) is 14.7. The minimum Gasteiger partial charge on any atom is -0.497 e. The molecule has 1 atom stereocenters. The van der Waals surface area contributed by atoms with Gasteiger partial charge in [0.05, 0.1) is 12.7 Å². The van der Waals surface area contributed by atoms with E-state index in [1.165, 1.54) is 6.26 Å². The Hall–Kier alpha value is -2.10. The van der Waals surface area contributed by atoms with Gasteiger partial charge in [0.15, 0.2) is 0 Å². The van der Waals surface area contributed by atoms with Gasteiger partial charge in [-0.05, 0) is 37.0 Å². The zero-order valence-electron chi connectivity index (χ0n) is 13.9. The molecular weight excluding hydrogens is 346 g/mol. The second-order valence-corrected chi connectivity index (χ2v) is 7.54. The number of rotatable bonds is 5. The Morgan fingerprint density at radius 3 is 3.00 bits per heavy atom. The van der Waals surface area contributed by atoms with E-state index in [1.807, 2.05) is 0 Å². The van der Waals surface area contributed by atoms with Crippen molar-refractivity contribution >= 4 is 27.1 Å². The number of nitrogens with one attached hydrogen (secondary N) is 1. The number of piperidine rings is 1. The lowest BCUT2D eigenvalue weighted by Gasteiger charge is -2.32. The Balaban J connectivity index is 1.76. The Morgan fingerprint density at radius 1 is 1.48 bits per heavy atom. The number of ether oxygens (including phenoxy) is 1. The molecule has 0 radical (unpaired) electrons. The Morgan fingerprint density at radius 2 is 2.28 bits per heavy atom. The van der Waals surface area contributed by atoms with Crippen LogP contribution in [0.1, 0.15) is 23.2 Å². The van der Waals surface area contributed by atoms with Crippen molar-refractivity contribution in [3.8, 4) is 5.75 Å². The van der Waals surface area contributed by atoms with Gasteiger partial charge < -0.3 is 14.1 Å². The van der Waals surface area contributed by atoms with Gasteiger partial charge in [0, 0.05) is 25.0 Å². The van der Waals surface area contributed by atoms with Crippen LogP contribution in [-0.4, -0.2) is 46.0 Å². The minimum atomic E-state index is -3.72. The first-order valence-electron chi connectivity index (χ1n) is 7.99. The lowest BCUT2D eigenvalue weighted by molar-refractivity contribution is 0.0677. The van der Waals surface area contributed by atoms with Gasteiger partial charge in [-0.1, -0.05) is 0 Å². The predicted molar refractivity (Wildman–Crippen MR) is 92.5 cm³/mol. The van der Waals surface area contributed by atoms with Crippen LogP contribution in [0.15, 0.2) is 28.9 Å². The molecular formula is C16H21N3O5S. The van der Waals surface area contributed by atoms with Crippen molar-refractivity contribution in [2.75, 3.05) is 26.7 Å². The summed E-state index contributed by atoms with van der Waals surface area (Å²) < 4.78 is 35.1. The standard InChI is InChI=1S/C16H21N3O5S/c1-23-12-4-5-15-13(7-12)14(10-24-15)16(20)19-6-2-3-11(9-19)8-18-25(17,21)22/h4-5,7,10-11,18H,2-3,6,8-9H2,1H3,(H2,17,21,22). The number of hydrogen-bond donors (Lipinski definition) is 2. The zero-order chi connectivity index (χ0) is 18.0. The molecule has 0 spiro atoms. The highest BCUT2D eigenvalue weighted by atomic mass is 32.2. The van der Waals surface area contributed by atoms with Gasteiger partial charge in [-0.2, -0.15) is 8.42 Å². The lowest BCUT2D eigenvalue weighted by atomic mass is 9.97. The minimum absolute atomic E-state index is 0.0312. The number of carbonyl (C=O) groups is 1. The summed E-state index contributed by atoms with van der Waals surface area (Å²) in [7, 11) is -2.16. The number of carbonyl (C=O) groups excluding carboxylic acids is 1. The fraction of sp³-hybridized carbons (Fsp3) is 0.438. The highest BCUT2D eigenvalue weighted by Crippen LogP contribution is 2.28. The summed E-state index contributed by atoms with van der Waals surface area (Å²) in [5.74, 6) is 0.549. The summed E-state index contributed by atoms with van der Waals surface area (Å²) in [6.07, 6.45) is 3.10. The van der Waals surface area contributed by atoms with E-state index in [2.05, 4.69) is 4.72 Å². The van der Waals surface area contributed by atoms with Crippen LogP contribution in [0.4, 0.5) is 0 Å². The first-order valence-corrected chi connectivity index (χ1v) is 9.54. The molecule has 1 amide bonds. The summed E-state index contributed by atoms with van der Waals surface area (Å²) in [6, 6.07) is 5.31. The van der Waals surface area contributed by atoms with E-state index in [1.54, 1.807) is 30.2 Å². The van der Waals surface area contributed by atoms with E-state index in [0.717, 1.165) is 12.8 Å². The van der Waals surface area contributed by atoms with E-state index in [0.29, 0.717) is 35.4 Å². The SMILES string of the molecule is COc1ccc2occ(C(=O)N3CCCC(CNS(N)(=O)=O)C3)c2c1. The topological polar surface area (TPSA) is 115 Å². The predicted octanol–water partition coefficient (Wildman–Crippen LogP) is 1.09. The molecule has 1 aliphatic heterocycles. The maximum atomic E-state index is 12.9. The molecule has 1 fully saturated rings. The van der Waals surface area contributed by atoms with Crippen molar-refractivity contribution in [3.05, 3.63) is 30.0 Å². The number of likely N-dealkylation sites (tertiary alicyclic amines) is 1. The van der Waals surface area contributed by atoms with Crippen molar-refractivity contribution in [1.82, 2.24) is 9.62 Å². The Kier molecular flexibility index (Phi) is 4.98. The molecule has 2 heterocycles. The van der Waals surface area contributed by atoms with Crippen molar-refractivity contribution in [2.24, 2.45) is 11.1 Å². The molecule has 0 aliphatic carbocycles. The van der Waals surface area contributed by atoms with Crippen molar-refractivity contribution in [2.45, 2.75) is 12.8 Å². The highest BCUT2D eigenvalue weighted by Gasteiger charge is 2.27. The van der Waals surface area contributed by atoms with E-state index in [9.17, 15) is 13.2 Å². The molecule has 3 rings (SSSR count). The average Bonchev–Trinajstić information content (AvgIpc) is 3.02. The normalized spacial score (nSPS) is 18.5. The number of benzene rings is 1. The van der Waals surface area contributed by atoms with Gasteiger partial charge in [0.1, 0.15) is 17.6 Å². The number of amides is 1. The van der Waals surface area contributed by atoms with Crippen molar-refractivity contribution in [1.29, 1.82) is 0 Å². The van der Waals surface area contributed by atoms with Gasteiger partial charge in [0.2, 0.25) is 0 Å². The van der Waals surface area contributed by atoms with Crippen LogP contribution >= 0.6 is 0 Å². The third-order valence-electron chi connectivity index (χ3n) is 4.39. The lowest BCUT2D eigenvalue weighted by Crippen LogP contribution is -2.44. The second-order valence-electron chi connectivity index (χ2n) is 6.16. The van der Waals surface area contributed by atoms with Crippen LogP contribution in [0.2, 0.25) is 0 Å². The quantitative estimate of drug-likeness (QED) is 0.821. The number of furan rings is 1. The van der Waals surface area contributed by atoms with E-state index >= 15 is 0 Å². The number of methoxy groups -OCH3 is 1. The first-order chi connectivity index (χ1) is 11.9. The molecule has 1 unspecified atom stereocenters. The molecule has 1 saturated heterocycles. The maximum absolute atomic E-state index is 12.9. The molecule has 3 N–H and O–H groups in total. The fourth-order valence-electron chi connectivity index (χ4n) is 3.12. The van der Waals surface area contributed by atoms with E-state index in [-0.39, 0.29) is 18.4 Å². The third-order valence-corrected chi connectivity index (χ3v) is 4.96. The summed E-state index contributed by atoms with van der Waals surface area (Å²) in [5, 5.41) is 5.67. The third kappa shape index (κ3) is 4.12. The summed E-state index contributed by atoms with van der Waals surface area (Å²) in [5.41, 5.74) is 1.10. The second kappa shape index (κ2) is 7.03. The summed E-state index contributed by atoms with van der Waals surface area (Å²) in [4.78, 5) is 14.6. The number of fused-ring (bicyclic) bond motifs is 1. The average molecular weight is 367 g/mol. The molecule has 0 bridgehead atoms. The summed E-state index contributed by atoms with van der Waals surface area (Å²) >= 11 is 0. The summed E-state index contributed by atoms with van der Waals surface area (Å²) in [6.45, 7) is 1.32. The molecule has 0 saturated carbocycles. The fourth-order valence-corrected chi connectivity index (χ4v) is 3.59. The van der Waals surface area contributed by atoms with Gasteiger partial charge in [-0.25, -0.2) is 9.86 Å². The van der Waals surface area contributed by atoms with Crippen LogP contribution in [0.25, 0.3) is 11.0 Å². The largest absolute Gasteiger partial charge is 0.497 e. The highest BCUT2D eigenvalue weighted by molar-refractivity contribution is 7.87. The molecule has 1 aliphatic rings. The van der Waals surface area contributed by atoms with Crippen LogP contribution in [0.5, 0.6) is 5.75 Å². The molecule has 136 valence electrons. The number of nitrogens with two attached hydrogens (primary N) is 1. The molecule has 9 heteroatoms. The van der Waals surface area contributed by atoms with E-state index < -0.39 is 10.2 Å². The first kappa shape index (κ1) is 17.7. The molecule has 25 heavy (non-hydrogen) atoms. The van der Waals surface area contributed by atoms with Crippen LogP contribution < -0.4 is 14.6 Å². The molecule has 8 nitrogen and oxygen atoms in total. The Labute approximate surface area is 146 Å². The molecule has 1 aromatic heterocycles. The van der Waals surface area contributed by atoms with Gasteiger partial charge in [0.25, 0.3) is 16.1 Å². The van der Waals surface area contributed by atoms with Crippen LogP contribution in [0, 0.1) is 5.92 Å². The van der Waals surface area contributed by atoms with Crippen LogP contribution in [-0.2, 0) is 10.2 Å². The smallest absolute Gasteiger partial charge is 0.274 e. The number of nitrogens with zero attached hydrogens (tertiary/aromatic N) is 1. The van der Waals surface area contributed by atoms with Gasteiger partial charge >= 0.3 is 0 Å². The van der Waals surface area contributed by atoms with E-state index in [4.69, 9.17) is 14.3 Å². The maximum Gasteiger partial charge on any atom is 0.274 e. The van der Waals surface area contributed by atoms with Crippen LogP contribution in [0.3, 0.4) is 0 Å². The molecule has 2 aromatic rings. The number of hydrogen-bond acceptors (Lipinski definition) is 5. The van der Waals surface area contributed by atoms with Gasteiger partial charge in [-0.15, -0.1) is 0 Å². The molecule has 1 aromatic carbocycles. The van der Waals surface area contributed by atoms with Gasteiger partial charge in [-0.3, -0.25) is 4.79 Å². The Bertz CT molecular complexity index is 877. The monoisotopic (exact) mass is 367 g/mol. The van der Waals surface area contributed by atoms with Crippen molar-refractivity contribution in [3.63, 3.8) is 0 Å².